The molecule has 276 valence electrons. The molecule has 0 aliphatic carbocycles. The predicted octanol–water partition coefficient (Wildman–Crippen LogP) is 4.58. The third kappa shape index (κ3) is 6.65. The van der Waals surface area contributed by atoms with Crippen molar-refractivity contribution in [3.8, 4) is 61.3 Å². The minimum Gasteiger partial charge on any atom is -0.296 e. The van der Waals surface area contributed by atoms with E-state index in [1.54, 1.807) is 0 Å². The van der Waals surface area contributed by atoms with E-state index >= 15 is 0 Å². The number of nitrogens with zero attached hydrogens (tertiary/aromatic N) is 2. The Morgan fingerprint density at radius 3 is 1.19 bits per heavy atom. The first kappa shape index (κ1) is 40.6. The van der Waals surface area contributed by atoms with Gasteiger partial charge in [0.1, 0.15) is 68.6 Å². The highest BCUT2D eigenvalue weighted by Crippen LogP contribution is 2.43. The molecule has 0 amide bonds. The zero-order valence-corrected chi connectivity index (χ0v) is 34.7. The van der Waals surface area contributed by atoms with Crippen LogP contribution < -0.4 is 43.7 Å². The molecule has 0 unspecified atom stereocenters. The molecule has 1 aromatic heterocycles. The lowest BCUT2D eigenvalue weighted by molar-refractivity contribution is 0.908. The van der Waals surface area contributed by atoms with Gasteiger partial charge >= 0.3 is 0 Å². The molecule has 0 atom stereocenters. The molecule has 0 spiro atoms. The second-order valence-electron chi connectivity index (χ2n) is 15.9. The number of imidazole rings is 1. The van der Waals surface area contributed by atoms with E-state index in [1.807, 2.05) is 66.7 Å². The van der Waals surface area contributed by atoms with Crippen molar-refractivity contribution in [3.05, 3.63) is 157 Å². The van der Waals surface area contributed by atoms with Crippen molar-refractivity contribution in [3.63, 3.8) is 0 Å². The molecule has 0 N–H and O–H groups in total. The molecule has 1 heterocycles. The zero-order chi connectivity index (χ0) is 43.7. The summed E-state index contributed by atoms with van der Waals surface area (Å²) in [5, 5.41) is 2.28. The van der Waals surface area contributed by atoms with E-state index in [0.29, 0.717) is 32.7 Å². The summed E-state index contributed by atoms with van der Waals surface area (Å²) in [5.41, 5.74) is 13.6. The first-order valence-electron chi connectivity index (χ1n) is 20.8. The van der Waals surface area contributed by atoms with Crippen molar-refractivity contribution in [1.82, 2.24) is 9.55 Å². The number of rotatable bonds is 7. The summed E-state index contributed by atoms with van der Waals surface area (Å²) in [6.45, 7) is 2.12. The van der Waals surface area contributed by atoms with Crippen molar-refractivity contribution in [1.29, 1.82) is 0 Å². The van der Waals surface area contributed by atoms with Crippen LogP contribution in [0.1, 0.15) is 12.7 Å². The third-order valence-corrected chi connectivity index (χ3v) is 12.3. The Labute approximate surface area is 378 Å². The maximum Gasteiger partial charge on any atom is 0.114 e. The van der Waals surface area contributed by atoms with E-state index in [2.05, 4.69) is 96.4 Å². The standard InChI is InChI=1S/C53H30B8N2/c1-2-39-62-37-15-9-10-16-38(37)63(39)36-23-21-31(22-24-36)30-17-19-32(20-18-30)40-42-44(48(56)52(60)50(58)46(42)54)41(45-43(40)47(55)51(59)53(61)49(45)57)35-26-33(28-11-5-3-6-12-28)25-34(27-35)29-13-7-4-8-14-29/h3-27H,2H2,1H3. The normalized spacial score (nSPS) is 11.5. The van der Waals surface area contributed by atoms with Crippen molar-refractivity contribution < 1.29 is 0 Å². The Balaban J connectivity index is 1.23. The molecular formula is C53H30B8N2. The monoisotopic (exact) mass is 782 g/mol. The first-order valence-corrected chi connectivity index (χ1v) is 20.8. The Kier molecular flexibility index (Phi) is 10.3. The van der Waals surface area contributed by atoms with Gasteiger partial charge < -0.3 is 0 Å². The molecule has 0 bridgehead atoms. The second kappa shape index (κ2) is 16.0. The van der Waals surface area contributed by atoms with E-state index < -0.39 is 0 Å². The van der Waals surface area contributed by atoms with Gasteiger partial charge in [-0.1, -0.05) is 138 Å². The van der Waals surface area contributed by atoms with Crippen LogP contribution in [0.15, 0.2) is 152 Å². The van der Waals surface area contributed by atoms with Crippen molar-refractivity contribution in [2.75, 3.05) is 0 Å². The van der Waals surface area contributed by atoms with Crippen molar-refractivity contribution in [2.45, 2.75) is 13.3 Å². The number of benzene rings is 9. The maximum atomic E-state index is 7.12. The lowest BCUT2D eigenvalue weighted by atomic mass is 9.59. The van der Waals surface area contributed by atoms with Gasteiger partial charge in [0, 0.05) is 12.1 Å². The molecule has 63 heavy (non-hydrogen) atoms. The lowest BCUT2D eigenvalue weighted by Gasteiger charge is -2.29. The molecule has 10 heteroatoms. The third-order valence-electron chi connectivity index (χ3n) is 12.3. The number of fused-ring (bicyclic) bond motifs is 3. The molecule has 0 aliphatic rings. The molecule has 2 nitrogen and oxygen atoms in total. The van der Waals surface area contributed by atoms with Crippen molar-refractivity contribution in [2.24, 2.45) is 0 Å². The summed E-state index contributed by atoms with van der Waals surface area (Å²) in [6.07, 6.45) is 0.805. The first-order chi connectivity index (χ1) is 30.5. The largest absolute Gasteiger partial charge is 0.296 e. The number of aryl methyl sites for hydroxylation is 1. The van der Waals surface area contributed by atoms with Gasteiger partial charge in [-0.25, -0.2) is 4.98 Å². The highest BCUT2D eigenvalue weighted by Gasteiger charge is 2.25. The fourth-order valence-electron chi connectivity index (χ4n) is 9.12. The van der Waals surface area contributed by atoms with Crippen LogP contribution in [0.4, 0.5) is 0 Å². The quantitative estimate of drug-likeness (QED) is 0.171. The molecule has 10 aromatic rings. The Bertz CT molecular complexity index is 3300. The number of aromatic nitrogens is 2. The highest BCUT2D eigenvalue weighted by atomic mass is 15.1. The summed E-state index contributed by atoms with van der Waals surface area (Å²) in [4.78, 5) is 4.87. The average Bonchev–Trinajstić information content (AvgIpc) is 3.72. The van der Waals surface area contributed by atoms with Gasteiger partial charge in [-0.15, -0.1) is 21.9 Å². The van der Waals surface area contributed by atoms with Crippen LogP contribution in [0.2, 0.25) is 0 Å². The van der Waals surface area contributed by atoms with Crippen LogP contribution in [0.5, 0.6) is 0 Å². The molecule has 9 aromatic carbocycles. The van der Waals surface area contributed by atoms with Gasteiger partial charge in [0.2, 0.25) is 0 Å². The predicted molar refractivity (Wildman–Crippen MR) is 276 cm³/mol. The number of para-hydroxylation sites is 2. The van der Waals surface area contributed by atoms with Gasteiger partial charge in [-0.05, 0) is 120 Å². The van der Waals surface area contributed by atoms with Gasteiger partial charge in [0.25, 0.3) is 0 Å². The van der Waals surface area contributed by atoms with Gasteiger partial charge in [-0.3, -0.25) is 4.57 Å². The summed E-state index contributed by atoms with van der Waals surface area (Å²) in [7, 11) is 55.3. The highest BCUT2D eigenvalue weighted by molar-refractivity contribution is 6.71. The minimum absolute atomic E-state index is 0.164. The minimum atomic E-state index is 0.164. The van der Waals surface area contributed by atoms with Crippen LogP contribution in [-0.2, 0) is 6.42 Å². The molecule has 10 rings (SSSR count). The molecule has 0 saturated heterocycles. The number of hydrogen-bond acceptors (Lipinski definition) is 1. The lowest BCUT2D eigenvalue weighted by Crippen LogP contribution is -2.50. The summed E-state index contributed by atoms with van der Waals surface area (Å²) >= 11 is 0. The Hall–Kier alpha value is -6.51. The van der Waals surface area contributed by atoms with Crippen LogP contribution >= 0.6 is 0 Å². The van der Waals surface area contributed by atoms with E-state index in [0.717, 1.165) is 73.5 Å². The van der Waals surface area contributed by atoms with Crippen molar-refractivity contribution >= 4 is 139 Å². The van der Waals surface area contributed by atoms with E-state index in [9.17, 15) is 0 Å². The summed E-state index contributed by atoms with van der Waals surface area (Å²) in [6, 6.07) is 51.6. The molecule has 0 fully saturated rings. The van der Waals surface area contributed by atoms with Crippen LogP contribution in [0.25, 0.3) is 93.9 Å². The Morgan fingerprint density at radius 2 is 0.730 bits per heavy atom. The Morgan fingerprint density at radius 1 is 0.365 bits per heavy atom. The molecule has 16 radical (unpaired) electrons. The second-order valence-corrected chi connectivity index (χ2v) is 15.9. The maximum absolute atomic E-state index is 7.12. The van der Waals surface area contributed by atoms with E-state index in [4.69, 9.17) is 67.8 Å². The van der Waals surface area contributed by atoms with Crippen LogP contribution in [-0.4, -0.2) is 72.3 Å². The van der Waals surface area contributed by atoms with Gasteiger partial charge in [-0.2, -0.15) is 0 Å². The fraction of sp³-hybridized carbons (Fsp3) is 0.0377. The topological polar surface area (TPSA) is 17.8 Å². The molecular weight excluding hydrogens is 751 g/mol. The van der Waals surface area contributed by atoms with Crippen LogP contribution in [0.3, 0.4) is 0 Å². The molecule has 0 aliphatic heterocycles. The average molecular weight is 781 g/mol. The van der Waals surface area contributed by atoms with Crippen LogP contribution in [0, 0.1) is 0 Å². The summed E-state index contributed by atoms with van der Waals surface area (Å²) in [5.74, 6) is 1.00. The molecule has 0 saturated carbocycles. The SMILES string of the molecule is [B]c1c([B])c([B])c2c(-c3cc(-c4ccccc4)cc(-c4ccccc4)c3)c3c([B])c([B])c([B])c([B])c3c(-c3ccc(-c4ccc(-n5c(CC)nc6ccccc65)cc4)cc3)c2c1[B]. The van der Waals surface area contributed by atoms with Gasteiger partial charge in [0.15, 0.2) is 0 Å². The smallest absolute Gasteiger partial charge is 0.114 e. The summed E-state index contributed by atoms with van der Waals surface area (Å²) < 4.78 is 2.21. The van der Waals surface area contributed by atoms with E-state index in [-0.39, 0.29) is 43.7 Å². The fourth-order valence-corrected chi connectivity index (χ4v) is 9.12. The zero-order valence-electron chi connectivity index (χ0n) is 34.7. The van der Waals surface area contributed by atoms with Gasteiger partial charge in [0.05, 0.1) is 11.0 Å². The van der Waals surface area contributed by atoms with E-state index in [1.165, 1.54) is 0 Å². The number of hydrogen-bond donors (Lipinski definition) is 0.